The molecule has 1 unspecified atom stereocenters. The number of hydrogen-bond donors (Lipinski definition) is 0. The SMILES string of the molecule is COC(=O)c1ccc(N2C(=O)CC(N(Cc3ccc4c(c3)OCO4)C(=O)c3cccs3)C2=O)cc1. The number of methoxy groups -OCH3 is 1. The lowest BCUT2D eigenvalue weighted by Crippen LogP contribution is -2.44. The fourth-order valence-electron chi connectivity index (χ4n) is 4.10. The molecule has 2 aliphatic rings. The number of ether oxygens (including phenoxy) is 3. The molecule has 0 saturated carbocycles. The standard InChI is InChI=1S/C25H20N2O7S/c1-32-25(31)16-5-7-17(8-6-16)27-22(28)12-18(23(27)29)26(24(30)21-3-2-10-35-21)13-15-4-9-19-20(11-15)34-14-33-19/h2-11,18H,12-14H2,1H3. The van der Waals surface area contributed by atoms with Gasteiger partial charge in [0.2, 0.25) is 12.7 Å². The monoisotopic (exact) mass is 492 g/mol. The zero-order valence-electron chi connectivity index (χ0n) is 18.6. The van der Waals surface area contributed by atoms with E-state index >= 15 is 0 Å². The van der Waals surface area contributed by atoms with Gasteiger partial charge < -0.3 is 19.1 Å². The molecule has 1 saturated heterocycles. The fourth-order valence-corrected chi connectivity index (χ4v) is 4.78. The van der Waals surface area contributed by atoms with Crippen LogP contribution in [0.3, 0.4) is 0 Å². The van der Waals surface area contributed by atoms with Crippen LogP contribution in [0.5, 0.6) is 11.5 Å². The number of amides is 3. The van der Waals surface area contributed by atoms with Crippen molar-refractivity contribution in [3.8, 4) is 11.5 Å². The molecule has 5 rings (SSSR count). The lowest BCUT2D eigenvalue weighted by molar-refractivity contribution is -0.122. The van der Waals surface area contributed by atoms with Crippen LogP contribution in [0.15, 0.2) is 60.0 Å². The van der Waals surface area contributed by atoms with Crippen molar-refractivity contribution in [3.63, 3.8) is 0 Å². The predicted octanol–water partition coefficient (Wildman–Crippen LogP) is 3.24. The summed E-state index contributed by atoms with van der Waals surface area (Å²) in [5, 5.41) is 1.78. The van der Waals surface area contributed by atoms with Crippen LogP contribution in [-0.4, -0.2) is 48.5 Å². The topological polar surface area (TPSA) is 102 Å². The van der Waals surface area contributed by atoms with E-state index in [1.165, 1.54) is 47.6 Å². The lowest BCUT2D eigenvalue weighted by atomic mass is 10.1. The number of nitrogens with zero attached hydrogens (tertiary/aromatic N) is 2. The molecule has 3 aromatic rings. The van der Waals surface area contributed by atoms with Gasteiger partial charge in [0.15, 0.2) is 11.5 Å². The Morgan fingerprint density at radius 2 is 1.86 bits per heavy atom. The van der Waals surface area contributed by atoms with Gasteiger partial charge in [-0.1, -0.05) is 12.1 Å². The van der Waals surface area contributed by atoms with Gasteiger partial charge >= 0.3 is 5.97 Å². The second-order valence-electron chi connectivity index (χ2n) is 7.92. The number of carbonyl (C=O) groups excluding carboxylic acids is 4. The Labute approximate surface area is 204 Å². The minimum atomic E-state index is -0.984. The summed E-state index contributed by atoms with van der Waals surface area (Å²) in [6.07, 6.45) is -0.154. The van der Waals surface area contributed by atoms with Gasteiger partial charge in [-0.05, 0) is 53.4 Å². The molecular formula is C25H20N2O7S. The van der Waals surface area contributed by atoms with Crippen molar-refractivity contribution in [3.05, 3.63) is 76.0 Å². The molecule has 0 bridgehead atoms. The van der Waals surface area contributed by atoms with Crippen molar-refractivity contribution in [2.75, 3.05) is 18.8 Å². The van der Waals surface area contributed by atoms with Crippen LogP contribution in [0, 0.1) is 0 Å². The van der Waals surface area contributed by atoms with Crippen LogP contribution in [0.4, 0.5) is 5.69 Å². The summed E-state index contributed by atoms with van der Waals surface area (Å²) >= 11 is 1.26. The number of thiophene rings is 1. The lowest BCUT2D eigenvalue weighted by Gasteiger charge is -2.27. The molecule has 2 aromatic carbocycles. The van der Waals surface area contributed by atoms with E-state index in [1.807, 2.05) is 0 Å². The molecule has 10 heteroatoms. The molecule has 3 amide bonds. The van der Waals surface area contributed by atoms with E-state index in [4.69, 9.17) is 14.2 Å². The molecule has 1 atom stereocenters. The summed E-state index contributed by atoms with van der Waals surface area (Å²) in [6.45, 7) is 0.224. The van der Waals surface area contributed by atoms with E-state index in [0.29, 0.717) is 27.6 Å². The van der Waals surface area contributed by atoms with Gasteiger partial charge in [-0.2, -0.15) is 0 Å². The highest BCUT2D eigenvalue weighted by Gasteiger charge is 2.44. The van der Waals surface area contributed by atoms with E-state index in [9.17, 15) is 19.2 Å². The number of fused-ring (bicyclic) bond motifs is 1. The molecule has 0 spiro atoms. The number of benzene rings is 2. The summed E-state index contributed by atoms with van der Waals surface area (Å²) in [5.41, 5.74) is 1.35. The van der Waals surface area contributed by atoms with Gasteiger partial charge in [0.05, 0.1) is 29.7 Å². The van der Waals surface area contributed by atoms with Gasteiger partial charge in [0.25, 0.3) is 11.8 Å². The van der Waals surface area contributed by atoms with Gasteiger partial charge in [0.1, 0.15) is 6.04 Å². The van der Waals surface area contributed by atoms with Crippen LogP contribution < -0.4 is 14.4 Å². The third kappa shape index (κ3) is 4.24. The average molecular weight is 493 g/mol. The van der Waals surface area contributed by atoms with E-state index < -0.39 is 23.8 Å². The number of carbonyl (C=O) groups is 4. The molecule has 178 valence electrons. The second kappa shape index (κ2) is 9.22. The average Bonchev–Trinajstić information content (AvgIpc) is 3.62. The van der Waals surface area contributed by atoms with Crippen LogP contribution in [0.1, 0.15) is 32.0 Å². The smallest absolute Gasteiger partial charge is 0.337 e. The maximum atomic E-state index is 13.5. The zero-order chi connectivity index (χ0) is 24.5. The second-order valence-corrected chi connectivity index (χ2v) is 8.87. The van der Waals surface area contributed by atoms with Crippen molar-refractivity contribution in [2.45, 2.75) is 19.0 Å². The van der Waals surface area contributed by atoms with Crippen molar-refractivity contribution in [1.82, 2.24) is 4.90 Å². The molecule has 0 N–H and O–H groups in total. The van der Waals surface area contributed by atoms with E-state index in [-0.39, 0.29) is 25.7 Å². The van der Waals surface area contributed by atoms with E-state index in [0.717, 1.165) is 10.5 Å². The van der Waals surface area contributed by atoms with Gasteiger partial charge in [0, 0.05) is 6.54 Å². The molecule has 1 fully saturated rings. The van der Waals surface area contributed by atoms with E-state index in [1.54, 1.807) is 35.7 Å². The number of hydrogen-bond acceptors (Lipinski definition) is 8. The van der Waals surface area contributed by atoms with Crippen LogP contribution in [-0.2, 0) is 20.9 Å². The highest BCUT2D eigenvalue weighted by molar-refractivity contribution is 7.12. The molecule has 0 aliphatic carbocycles. The maximum Gasteiger partial charge on any atom is 0.337 e. The van der Waals surface area contributed by atoms with Gasteiger partial charge in [-0.15, -0.1) is 11.3 Å². The van der Waals surface area contributed by atoms with Crippen molar-refractivity contribution < 1.29 is 33.4 Å². The number of imide groups is 1. The predicted molar refractivity (Wildman–Crippen MR) is 125 cm³/mol. The Bertz CT molecular complexity index is 1300. The first kappa shape index (κ1) is 22.6. The summed E-state index contributed by atoms with van der Waals surface area (Å²) in [5.74, 6) is -0.630. The first-order chi connectivity index (χ1) is 17.0. The fraction of sp³-hybridized carbons (Fsp3) is 0.200. The Morgan fingerprint density at radius 3 is 2.57 bits per heavy atom. The highest BCUT2D eigenvalue weighted by Crippen LogP contribution is 2.34. The molecule has 0 radical (unpaired) electrons. The molecule has 35 heavy (non-hydrogen) atoms. The minimum Gasteiger partial charge on any atom is -0.465 e. The largest absolute Gasteiger partial charge is 0.465 e. The van der Waals surface area contributed by atoms with Crippen LogP contribution >= 0.6 is 11.3 Å². The minimum absolute atomic E-state index is 0.103. The van der Waals surface area contributed by atoms with Crippen molar-refractivity contribution in [2.24, 2.45) is 0 Å². The molecule has 9 nitrogen and oxygen atoms in total. The Balaban J connectivity index is 1.44. The summed E-state index contributed by atoms with van der Waals surface area (Å²) < 4.78 is 15.5. The van der Waals surface area contributed by atoms with Crippen molar-refractivity contribution >= 4 is 40.7 Å². The third-order valence-corrected chi connectivity index (χ3v) is 6.69. The van der Waals surface area contributed by atoms with Gasteiger partial charge in [-0.25, -0.2) is 9.69 Å². The van der Waals surface area contributed by atoms with Crippen molar-refractivity contribution in [1.29, 1.82) is 0 Å². The van der Waals surface area contributed by atoms with Crippen LogP contribution in [0.2, 0.25) is 0 Å². The first-order valence-corrected chi connectivity index (χ1v) is 11.6. The Morgan fingerprint density at radius 1 is 1.09 bits per heavy atom. The summed E-state index contributed by atoms with van der Waals surface area (Å²) in [7, 11) is 1.27. The van der Waals surface area contributed by atoms with Gasteiger partial charge in [-0.3, -0.25) is 14.4 Å². The quantitative estimate of drug-likeness (QED) is 0.385. The Hall–Kier alpha value is -4.18. The molecular weight excluding hydrogens is 472 g/mol. The van der Waals surface area contributed by atoms with Crippen LogP contribution in [0.25, 0.3) is 0 Å². The molecule has 3 heterocycles. The number of esters is 1. The zero-order valence-corrected chi connectivity index (χ0v) is 19.4. The maximum absolute atomic E-state index is 13.5. The molecule has 1 aromatic heterocycles. The first-order valence-electron chi connectivity index (χ1n) is 10.7. The highest BCUT2D eigenvalue weighted by atomic mass is 32.1. The van der Waals surface area contributed by atoms with E-state index in [2.05, 4.69) is 0 Å². The molecule has 2 aliphatic heterocycles. The number of anilines is 1. The Kier molecular flexibility index (Phi) is 5.96. The normalized spacial score (nSPS) is 16.5. The number of rotatable bonds is 6. The third-order valence-electron chi connectivity index (χ3n) is 5.83. The summed E-state index contributed by atoms with van der Waals surface area (Å²) in [4.78, 5) is 54.5. The summed E-state index contributed by atoms with van der Waals surface area (Å²) in [6, 6.07) is 13.8.